The van der Waals surface area contributed by atoms with E-state index in [1.807, 2.05) is 6.07 Å². The van der Waals surface area contributed by atoms with Crippen LogP contribution in [0.15, 0.2) is 18.2 Å². The lowest BCUT2D eigenvalue weighted by atomic mass is 9.90. The van der Waals surface area contributed by atoms with E-state index in [0.717, 1.165) is 12.0 Å². The molecule has 0 aromatic heterocycles. The van der Waals surface area contributed by atoms with Gasteiger partial charge in [0.15, 0.2) is 0 Å². The van der Waals surface area contributed by atoms with Crippen molar-refractivity contribution in [3.05, 3.63) is 33.8 Å². The van der Waals surface area contributed by atoms with Gasteiger partial charge in [-0.05, 0) is 37.1 Å². The lowest BCUT2D eigenvalue weighted by Crippen LogP contribution is -2.37. The van der Waals surface area contributed by atoms with Crippen molar-refractivity contribution in [3.8, 4) is 0 Å². The second-order valence-electron chi connectivity index (χ2n) is 4.46. The van der Waals surface area contributed by atoms with E-state index in [9.17, 15) is 5.11 Å². The van der Waals surface area contributed by atoms with Crippen molar-refractivity contribution in [1.29, 1.82) is 0 Å². The molecule has 0 fully saturated rings. The summed E-state index contributed by atoms with van der Waals surface area (Å²) in [4.78, 5) is 0. The van der Waals surface area contributed by atoms with Crippen molar-refractivity contribution in [3.63, 3.8) is 0 Å². The zero-order valence-corrected chi connectivity index (χ0v) is 12.0. The number of halogens is 2. The Labute approximate surface area is 118 Å². The van der Waals surface area contributed by atoms with Gasteiger partial charge in [-0.25, -0.2) is 0 Å². The number of aliphatic hydroxyl groups is 1. The summed E-state index contributed by atoms with van der Waals surface area (Å²) >= 11 is 12.0. The molecule has 0 heterocycles. The van der Waals surface area contributed by atoms with Crippen LogP contribution in [-0.4, -0.2) is 31.0 Å². The van der Waals surface area contributed by atoms with Gasteiger partial charge in [0.25, 0.3) is 0 Å². The van der Waals surface area contributed by atoms with E-state index in [-0.39, 0.29) is 6.61 Å². The summed E-state index contributed by atoms with van der Waals surface area (Å²) in [6, 6.07) is 5.27. The van der Waals surface area contributed by atoms with Crippen molar-refractivity contribution in [2.24, 2.45) is 5.73 Å². The normalized spacial score (nSPS) is 14.5. The summed E-state index contributed by atoms with van der Waals surface area (Å²) in [5, 5.41) is 11.7. The molecule has 5 heteroatoms. The predicted octanol–water partition coefficient (Wildman–Crippen LogP) is 2.65. The third-order valence-corrected chi connectivity index (χ3v) is 3.38. The lowest BCUT2D eigenvalue weighted by Gasteiger charge is -2.27. The van der Waals surface area contributed by atoms with Gasteiger partial charge in [0.1, 0.15) is 0 Å². The van der Waals surface area contributed by atoms with Gasteiger partial charge in [0.05, 0.1) is 12.2 Å². The van der Waals surface area contributed by atoms with Crippen LogP contribution in [0.5, 0.6) is 0 Å². The Morgan fingerprint density at radius 2 is 2.11 bits per heavy atom. The summed E-state index contributed by atoms with van der Waals surface area (Å²) in [6.07, 6.45) is 1.75. The molecule has 0 aliphatic carbocycles. The van der Waals surface area contributed by atoms with Crippen LogP contribution in [0.2, 0.25) is 10.0 Å². The first-order valence-electron chi connectivity index (χ1n) is 5.86. The molecule has 0 bridgehead atoms. The first-order valence-corrected chi connectivity index (χ1v) is 6.61. The summed E-state index contributed by atoms with van der Waals surface area (Å²) in [5.74, 6) is 0. The van der Waals surface area contributed by atoms with Gasteiger partial charge in [-0.2, -0.15) is 0 Å². The molecule has 0 aliphatic rings. The number of nitrogens with two attached hydrogens (primary N) is 1. The molecule has 0 saturated heterocycles. The SMILES string of the molecule is COCC(O)(CCCN)Cc1ccc(Cl)cc1Cl. The van der Waals surface area contributed by atoms with Crippen LogP contribution in [0, 0.1) is 0 Å². The van der Waals surface area contributed by atoms with Crippen molar-refractivity contribution in [2.45, 2.75) is 24.9 Å². The Kier molecular flexibility index (Phi) is 6.39. The van der Waals surface area contributed by atoms with Crippen LogP contribution in [-0.2, 0) is 11.2 Å². The van der Waals surface area contributed by atoms with Gasteiger partial charge in [-0.1, -0.05) is 29.3 Å². The molecule has 18 heavy (non-hydrogen) atoms. The van der Waals surface area contributed by atoms with Crippen molar-refractivity contribution in [2.75, 3.05) is 20.3 Å². The van der Waals surface area contributed by atoms with Crippen LogP contribution < -0.4 is 5.73 Å². The highest BCUT2D eigenvalue weighted by molar-refractivity contribution is 6.35. The van der Waals surface area contributed by atoms with Crippen molar-refractivity contribution >= 4 is 23.2 Å². The van der Waals surface area contributed by atoms with Crippen LogP contribution >= 0.6 is 23.2 Å². The molecule has 3 nitrogen and oxygen atoms in total. The molecule has 1 unspecified atom stereocenters. The second-order valence-corrected chi connectivity index (χ2v) is 5.31. The average Bonchev–Trinajstić information content (AvgIpc) is 2.31. The monoisotopic (exact) mass is 291 g/mol. The maximum Gasteiger partial charge on any atom is 0.0921 e. The fourth-order valence-electron chi connectivity index (χ4n) is 1.93. The largest absolute Gasteiger partial charge is 0.387 e. The smallest absolute Gasteiger partial charge is 0.0921 e. The quantitative estimate of drug-likeness (QED) is 0.812. The third-order valence-electron chi connectivity index (χ3n) is 2.79. The highest BCUT2D eigenvalue weighted by atomic mass is 35.5. The molecule has 0 spiro atoms. The standard InChI is InChI=1S/C13H19Cl2NO2/c1-18-9-13(17,5-2-6-16)8-10-3-4-11(14)7-12(10)15/h3-4,7,17H,2,5-6,8-9,16H2,1H3. The van der Waals surface area contributed by atoms with Crippen LogP contribution in [0.3, 0.4) is 0 Å². The molecule has 1 rings (SSSR count). The number of benzene rings is 1. The Hall–Kier alpha value is -0.320. The van der Waals surface area contributed by atoms with Gasteiger partial charge >= 0.3 is 0 Å². The Balaban J connectivity index is 2.81. The zero-order chi connectivity index (χ0) is 13.6. The van der Waals surface area contributed by atoms with E-state index in [0.29, 0.717) is 29.4 Å². The topological polar surface area (TPSA) is 55.5 Å². The highest BCUT2D eigenvalue weighted by Gasteiger charge is 2.27. The molecule has 0 saturated carbocycles. The van der Waals surface area contributed by atoms with Gasteiger partial charge < -0.3 is 15.6 Å². The van der Waals surface area contributed by atoms with Crippen LogP contribution in [0.4, 0.5) is 0 Å². The summed E-state index contributed by atoms with van der Waals surface area (Å²) in [6.45, 7) is 0.798. The number of hydrogen-bond donors (Lipinski definition) is 2. The summed E-state index contributed by atoms with van der Waals surface area (Å²) in [5.41, 5.74) is 5.40. The molecular formula is C13H19Cl2NO2. The van der Waals surface area contributed by atoms with Gasteiger partial charge in [-0.3, -0.25) is 0 Å². The minimum absolute atomic E-state index is 0.256. The van der Waals surface area contributed by atoms with E-state index in [1.165, 1.54) is 0 Å². The average molecular weight is 292 g/mol. The van der Waals surface area contributed by atoms with E-state index in [2.05, 4.69) is 0 Å². The van der Waals surface area contributed by atoms with Crippen molar-refractivity contribution in [1.82, 2.24) is 0 Å². The minimum Gasteiger partial charge on any atom is -0.387 e. The highest BCUT2D eigenvalue weighted by Crippen LogP contribution is 2.27. The van der Waals surface area contributed by atoms with Gasteiger partial charge in [0, 0.05) is 23.6 Å². The second kappa shape index (κ2) is 7.31. The first kappa shape index (κ1) is 15.7. The maximum atomic E-state index is 10.5. The number of hydrogen-bond acceptors (Lipinski definition) is 3. The maximum absolute atomic E-state index is 10.5. The van der Waals surface area contributed by atoms with E-state index >= 15 is 0 Å². The minimum atomic E-state index is -0.939. The number of rotatable bonds is 7. The van der Waals surface area contributed by atoms with E-state index < -0.39 is 5.60 Å². The predicted molar refractivity (Wildman–Crippen MR) is 75.3 cm³/mol. The number of methoxy groups -OCH3 is 1. The zero-order valence-electron chi connectivity index (χ0n) is 10.5. The van der Waals surface area contributed by atoms with E-state index in [4.69, 9.17) is 33.7 Å². The Morgan fingerprint density at radius 1 is 1.39 bits per heavy atom. The van der Waals surface area contributed by atoms with Crippen molar-refractivity contribution < 1.29 is 9.84 Å². The fraction of sp³-hybridized carbons (Fsp3) is 0.538. The molecular weight excluding hydrogens is 273 g/mol. The van der Waals surface area contributed by atoms with Crippen LogP contribution in [0.25, 0.3) is 0 Å². The fourth-order valence-corrected chi connectivity index (χ4v) is 2.41. The molecule has 1 aromatic carbocycles. The molecule has 102 valence electrons. The van der Waals surface area contributed by atoms with Gasteiger partial charge in [-0.15, -0.1) is 0 Å². The Bertz CT molecular complexity index is 387. The molecule has 1 aromatic rings. The molecule has 0 radical (unpaired) electrons. The van der Waals surface area contributed by atoms with E-state index in [1.54, 1.807) is 19.2 Å². The first-order chi connectivity index (χ1) is 8.50. The summed E-state index contributed by atoms with van der Waals surface area (Å²) < 4.78 is 5.08. The molecule has 1 atom stereocenters. The van der Waals surface area contributed by atoms with Crippen LogP contribution in [0.1, 0.15) is 18.4 Å². The Morgan fingerprint density at radius 3 is 2.67 bits per heavy atom. The molecule has 0 aliphatic heterocycles. The van der Waals surface area contributed by atoms with Gasteiger partial charge in [0.2, 0.25) is 0 Å². The molecule has 0 amide bonds. The third kappa shape index (κ3) is 4.75. The number of ether oxygens (including phenoxy) is 1. The lowest BCUT2D eigenvalue weighted by molar-refractivity contribution is -0.0375. The molecule has 3 N–H and O–H groups in total. The summed E-state index contributed by atoms with van der Waals surface area (Å²) in [7, 11) is 1.57.